The van der Waals surface area contributed by atoms with Crippen molar-refractivity contribution in [1.82, 2.24) is 4.90 Å². The number of carbonyl (C=O) groups is 1. The molecule has 2 aromatic rings. The molecule has 8 heteroatoms. The van der Waals surface area contributed by atoms with Crippen LogP contribution in [0, 0.1) is 11.8 Å². The summed E-state index contributed by atoms with van der Waals surface area (Å²) in [5.74, 6) is 0.416. The van der Waals surface area contributed by atoms with Crippen LogP contribution in [-0.4, -0.2) is 56.6 Å². The van der Waals surface area contributed by atoms with Crippen LogP contribution in [-0.2, 0) is 19.6 Å². The summed E-state index contributed by atoms with van der Waals surface area (Å²) >= 11 is 2.80. The molecule has 2 saturated carbocycles. The summed E-state index contributed by atoms with van der Waals surface area (Å²) < 4.78 is 12.5. The lowest BCUT2D eigenvalue weighted by molar-refractivity contribution is -0.170. The molecule has 0 aromatic carbocycles. The molecule has 41 heavy (non-hydrogen) atoms. The third-order valence-corrected chi connectivity index (χ3v) is 16.5. The van der Waals surface area contributed by atoms with Crippen molar-refractivity contribution in [2.45, 2.75) is 121 Å². The zero-order valence-corrected chi connectivity index (χ0v) is 28.8. The van der Waals surface area contributed by atoms with Crippen molar-refractivity contribution >= 4 is 37.0 Å². The van der Waals surface area contributed by atoms with E-state index >= 15 is 0 Å². The summed E-state index contributed by atoms with van der Waals surface area (Å²) in [5.41, 5.74) is -1.72. The van der Waals surface area contributed by atoms with E-state index in [1.807, 2.05) is 35.0 Å². The molecule has 2 aliphatic carbocycles. The number of fused-ring (bicyclic) bond motifs is 2. The van der Waals surface area contributed by atoms with Crippen LogP contribution in [0.15, 0.2) is 35.0 Å². The fourth-order valence-corrected chi connectivity index (χ4v) is 9.41. The maximum Gasteiger partial charge on any atom is 0.349 e. The van der Waals surface area contributed by atoms with Gasteiger partial charge in [-0.15, -0.1) is 22.7 Å². The van der Waals surface area contributed by atoms with Crippen LogP contribution < -0.4 is 0 Å². The first-order chi connectivity index (χ1) is 19.4. The molecule has 2 aromatic heterocycles. The van der Waals surface area contributed by atoms with Crippen molar-refractivity contribution in [2.75, 3.05) is 20.2 Å². The number of ether oxygens (including phenoxy) is 1. The molecular formula is C33H53NO4S2Si. The molecule has 0 saturated heterocycles. The van der Waals surface area contributed by atoms with Gasteiger partial charge in [-0.05, 0) is 92.6 Å². The summed E-state index contributed by atoms with van der Waals surface area (Å²) in [7, 11) is 0.658. The molecule has 2 fully saturated rings. The van der Waals surface area contributed by atoms with Gasteiger partial charge in [0.1, 0.15) is 6.10 Å². The van der Waals surface area contributed by atoms with E-state index in [1.54, 1.807) is 0 Å². The average molecular weight is 620 g/mol. The van der Waals surface area contributed by atoms with Crippen molar-refractivity contribution < 1.29 is 19.1 Å². The predicted octanol–water partition coefficient (Wildman–Crippen LogP) is 8.44. The van der Waals surface area contributed by atoms with E-state index in [0.29, 0.717) is 32.7 Å². The Morgan fingerprint density at radius 2 is 1.56 bits per heavy atom. The van der Waals surface area contributed by atoms with Crippen LogP contribution in [0.5, 0.6) is 0 Å². The molecule has 0 aliphatic heterocycles. The molecule has 0 amide bonds. The summed E-state index contributed by atoms with van der Waals surface area (Å²) in [6.07, 6.45) is 12.0. The molecule has 0 spiro atoms. The molecule has 4 atom stereocenters. The second-order valence-electron chi connectivity index (χ2n) is 13.9. The minimum atomic E-state index is -1.72. The number of thiophene rings is 2. The Labute approximate surface area is 257 Å². The van der Waals surface area contributed by atoms with Gasteiger partial charge in [0.05, 0.1) is 9.75 Å². The molecule has 4 rings (SSSR count). The first kappa shape index (κ1) is 32.9. The highest BCUT2D eigenvalue weighted by Gasteiger charge is 2.53. The standard InChI is InChI=1S/C33H53NO4S2Si/c1-32(2,3)41(5,6)37-21-13-11-9-7-8-10-12-20-34(4)30-25-18-19-26(30)27(24-25)38-31(35)33(36,28-16-14-22-39-28)29-17-15-23-40-29/h14-17,22-23,25-27,30,36H,7-13,18-21,24H2,1-6H3/t25-,26+,27+,30-/m0/s1. The maximum atomic E-state index is 13.5. The quantitative estimate of drug-likeness (QED) is 0.116. The van der Waals surface area contributed by atoms with Crippen LogP contribution >= 0.6 is 22.7 Å². The molecule has 2 bridgehead atoms. The highest BCUT2D eigenvalue weighted by molar-refractivity contribution is 7.12. The van der Waals surface area contributed by atoms with E-state index in [4.69, 9.17) is 9.16 Å². The van der Waals surface area contributed by atoms with E-state index in [0.717, 1.165) is 26.0 Å². The monoisotopic (exact) mass is 619 g/mol. The lowest BCUT2D eigenvalue weighted by Gasteiger charge is -2.36. The molecule has 5 nitrogen and oxygen atoms in total. The molecular weight excluding hydrogens is 567 g/mol. The summed E-state index contributed by atoms with van der Waals surface area (Å²) in [5, 5.41) is 15.7. The molecule has 0 radical (unpaired) electrons. The third-order valence-electron chi connectivity index (χ3n) is 10.0. The maximum absolute atomic E-state index is 13.5. The number of hydrogen-bond donors (Lipinski definition) is 1. The minimum absolute atomic E-state index is 0.110. The average Bonchev–Trinajstić information content (AvgIpc) is 3.73. The van der Waals surface area contributed by atoms with Crippen LogP contribution in [0.25, 0.3) is 0 Å². The van der Waals surface area contributed by atoms with Gasteiger partial charge < -0.3 is 19.2 Å². The van der Waals surface area contributed by atoms with Gasteiger partial charge in [0.2, 0.25) is 5.60 Å². The second kappa shape index (κ2) is 14.2. The Kier molecular flexibility index (Phi) is 11.4. The van der Waals surface area contributed by atoms with Gasteiger partial charge in [-0.2, -0.15) is 0 Å². The molecule has 230 valence electrons. The van der Waals surface area contributed by atoms with Gasteiger partial charge in [0.25, 0.3) is 0 Å². The lowest BCUT2D eigenvalue weighted by Crippen LogP contribution is -2.42. The smallest absolute Gasteiger partial charge is 0.349 e. The second-order valence-corrected chi connectivity index (χ2v) is 20.6. The van der Waals surface area contributed by atoms with E-state index < -0.39 is 19.9 Å². The number of rotatable bonds is 16. The number of hydrogen-bond acceptors (Lipinski definition) is 7. The Hall–Kier alpha value is -1.03. The zero-order chi connectivity index (χ0) is 29.7. The van der Waals surface area contributed by atoms with Crippen LogP contribution in [0.4, 0.5) is 0 Å². The van der Waals surface area contributed by atoms with Crippen molar-refractivity contribution in [1.29, 1.82) is 0 Å². The van der Waals surface area contributed by atoms with Crippen LogP contribution in [0.1, 0.15) is 94.7 Å². The number of esters is 1. The van der Waals surface area contributed by atoms with Gasteiger partial charge >= 0.3 is 5.97 Å². The van der Waals surface area contributed by atoms with E-state index in [2.05, 4.69) is 45.8 Å². The van der Waals surface area contributed by atoms with Crippen LogP contribution in [0.2, 0.25) is 18.1 Å². The largest absolute Gasteiger partial charge is 0.459 e. The van der Waals surface area contributed by atoms with E-state index in [9.17, 15) is 9.90 Å². The normalized spacial score (nSPS) is 23.0. The molecule has 1 N–H and O–H groups in total. The van der Waals surface area contributed by atoms with Gasteiger partial charge in [0, 0.05) is 18.6 Å². The van der Waals surface area contributed by atoms with Gasteiger partial charge in [-0.1, -0.05) is 65.0 Å². The highest BCUT2D eigenvalue weighted by atomic mass is 32.1. The van der Waals surface area contributed by atoms with Gasteiger partial charge in [-0.3, -0.25) is 0 Å². The first-order valence-electron chi connectivity index (χ1n) is 15.8. The summed E-state index contributed by atoms with van der Waals surface area (Å²) in [6.45, 7) is 13.6. The molecule has 2 heterocycles. The van der Waals surface area contributed by atoms with Crippen molar-refractivity contribution in [3.63, 3.8) is 0 Å². The molecule has 0 unspecified atom stereocenters. The number of aliphatic hydroxyl groups is 1. The highest BCUT2D eigenvalue weighted by Crippen LogP contribution is 2.49. The van der Waals surface area contributed by atoms with Crippen LogP contribution in [0.3, 0.4) is 0 Å². The molecule has 2 aliphatic rings. The predicted molar refractivity (Wildman–Crippen MR) is 174 cm³/mol. The topological polar surface area (TPSA) is 59.0 Å². The Balaban J connectivity index is 1.16. The van der Waals surface area contributed by atoms with E-state index in [1.165, 1.54) is 74.0 Å². The number of nitrogens with zero attached hydrogens (tertiary/aromatic N) is 1. The van der Waals surface area contributed by atoms with Crippen molar-refractivity contribution in [2.24, 2.45) is 11.8 Å². The Morgan fingerprint density at radius 1 is 0.976 bits per heavy atom. The number of unbranched alkanes of at least 4 members (excludes halogenated alkanes) is 6. The lowest BCUT2D eigenvalue weighted by atomic mass is 9.96. The fraction of sp³-hybridized carbons (Fsp3) is 0.727. The SMILES string of the molecule is CN(CCCCCCCCCO[Si](C)(C)C(C)(C)C)[C@H]1[C@H]2CC[C@@H]1[C@H](OC(=O)C(O)(c1cccs1)c1cccs1)C2. The van der Waals surface area contributed by atoms with E-state index in [-0.39, 0.29) is 6.10 Å². The fourth-order valence-electron chi connectivity index (χ4n) is 6.61. The summed E-state index contributed by atoms with van der Waals surface area (Å²) in [6, 6.07) is 7.88. The zero-order valence-electron chi connectivity index (χ0n) is 26.2. The number of carbonyl (C=O) groups excluding carboxylic acids is 1. The summed E-state index contributed by atoms with van der Waals surface area (Å²) in [4.78, 5) is 17.3. The third kappa shape index (κ3) is 7.74. The minimum Gasteiger partial charge on any atom is -0.459 e. The Bertz CT molecular complexity index is 1030. The van der Waals surface area contributed by atoms with Crippen molar-refractivity contribution in [3.05, 3.63) is 44.8 Å². The van der Waals surface area contributed by atoms with Gasteiger partial charge in [0.15, 0.2) is 8.32 Å². The van der Waals surface area contributed by atoms with Crippen molar-refractivity contribution in [3.8, 4) is 0 Å². The Morgan fingerprint density at radius 3 is 2.12 bits per heavy atom. The van der Waals surface area contributed by atoms with Gasteiger partial charge in [-0.25, -0.2) is 4.79 Å². The first-order valence-corrected chi connectivity index (χ1v) is 20.5.